The number of nitrogens with two attached hydrogens (primary N) is 1. The highest BCUT2D eigenvalue weighted by molar-refractivity contribution is 5.71. The topological polar surface area (TPSA) is 92.8 Å². The summed E-state index contributed by atoms with van der Waals surface area (Å²) in [4.78, 5) is 24.3. The number of aromatic amines is 1. The van der Waals surface area contributed by atoms with Gasteiger partial charge in [0.1, 0.15) is 5.82 Å². The molecule has 0 saturated carbocycles. The lowest BCUT2D eigenvalue weighted by Crippen LogP contribution is -2.14. The molecule has 86 valence electrons. The summed E-state index contributed by atoms with van der Waals surface area (Å²) in [7, 11) is 5.69. The highest BCUT2D eigenvalue weighted by atomic mass is 16.1. The first-order chi connectivity index (χ1) is 7.49. The molecular weight excluding hydrogens is 208 g/mol. The number of nitrogens with one attached hydrogen (secondary N) is 1. The van der Waals surface area contributed by atoms with E-state index in [0.29, 0.717) is 17.7 Å². The van der Waals surface area contributed by atoms with Crippen LogP contribution in [0.25, 0.3) is 11.2 Å². The monoisotopic (exact) mass is 222 g/mol. The zero-order valence-electron chi connectivity index (χ0n) is 9.48. The second-order valence-corrected chi connectivity index (χ2v) is 3.95. The SMILES string of the molecule is CN(C)Cc1nc2c(=O)[nH]c(N)nc2n1C. The predicted octanol–water partition coefficient (Wildman–Crippen LogP) is -0.700. The van der Waals surface area contributed by atoms with Crippen molar-refractivity contribution in [2.45, 2.75) is 6.54 Å². The van der Waals surface area contributed by atoms with Gasteiger partial charge in [-0.1, -0.05) is 0 Å². The summed E-state index contributed by atoms with van der Waals surface area (Å²) < 4.78 is 1.78. The lowest BCUT2D eigenvalue weighted by molar-refractivity contribution is 0.385. The fourth-order valence-electron chi connectivity index (χ4n) is 1.56. The maximum absolute atomic E-state index is 11.6. The fraction of sp³-hybridized carbons (Fsp3) is 0.444. The number of aromatic nitrogens is 4. The summed E-state index contributed by atoms with van der Waals surface area (Å²) in [5.41, 5.74) is 6.02. The van der Waals surface area contributed by atoms with Gasteiger partial charge in [0.05, 0.1) is 6.54 Å². The molecule has 0 fully saturated rings. The van der Waals surface area contributed by atoms with Crippen molar-refractivity contribution in [3.63, 3.8) is 0 Å². The molecule has 7 nitrogen and oxygen atoms in total. The van der Waals surface area contributed by atoms with Gasteiger partial charge in [0.25, 0.3) is 5.56 Å². The van der Waals surface area contributed by atoms with E-state index >= 15 is 0 Å². The second-order valence-electron chi connectivity index (χ2n) is 3.95. The Morgan fingerprint density at radius 3 is 2.75 bits per heavy atom. The summed E-state index contributed by atoms with van der Waals surface area (Å²) in [6.07, 6.45) is 0. The molecule has 0 unspecified atom stereocenters. The first-order valence-corrected chi connectivity index (χ1v) is 4.85. The summed E-state index contributed by atoms with van der Waals surface area (Å²) in [6.45, 7) is 0.645. The number of anilines is 1. The number of imidazole rings is 1. The van der Waals surface area contributed by atoms with E-state index in [2.05, 4.69) is 15.0 Å². The van der Waals surface area contributed by atoms with Gasteiger partial charge in [-0.05, 0) is 14.1 Å². The van der Waals surface area contributed by atoms with Crippen LogP contribution < -0.4 is 11.3 Å². The highest BCUT2D eigenvalue weighted by Crippen LogP contribution is 2.10. The molecule has 0 saturated heterocycles. The van der Waals surface area contributed by atoms with Crippen molar-refractivity contribution >= 4 is 17.1 Å². The minimum absolute atomic E-state index is 0.108. The van der Waals surface area contributed by atoms with Crippen molar-refractivity contribution in [2.75, 3.05) is 19.8 Å². The molecule has 0 aromatic carbocycles. The molecule has 7 heteroatoms. The van der Waals surface area contributed by atoms with Crippen LogP contribution >= 0.6 is 0 Å². The van der Waals surface area contributed by atoms with Gasteiger partial charge in [-0.15, -0.1) is 0 Å². The molecule has 0 spiro atoms. The normalized spacial score (nSPS) is 11.5. The third-order valence-corrected chi connectivity index (χ3v) is 2.30. The van der Waals surface area contributed by atoms with Gasteiger partial charge < -0.3 is 15.2 Å². The van der Waals surface area contributed by atoms with Crippen LogP contribution in [0.2, 0.25) is 0 Å². The van der Waals surface area contributed by atoms with Crippen molar-refractivity contribution in [2.24, 2.45) is 7.05 Å². The van der Waals surface area contributed by atoms with Gasteiger partial charge in [-0.3, -0.25) is 9.78 Å². The van der Waals surface area contributed by atoms with Crippen molar-refractivity contribution < 1.29 is 0 Å². The lowest BCUT2D eigenvalue weighted by atomic mass is 10.5. The molecule has 2 rings (SSSR count). The second kappa shape index (κ2) is 3.60. The van der Waals surface area contributed by atoms with Crippen molar-refractivity contribution in [1.29, 1.82) is 0 Å². The summed E-state index contributed by atoms with van der Waals surface area (Å²) in [5.74, 6) is 0.889. The number of nitrogens with zero attached hydrogens (tertiary/aromatic N) is 4. The summed E-state index contributed by atoms with van der Waals surface area (Å²) >= 11 is 0. The zero-order chi connectivity index (χ0) is 11.9. The fourth-order valence-corrected chi connectivity index (χ4v) is 1.56. The molecule has 2 aromatic rings. The number of hydrogen-bond acceptors (Lipinski definition) is 5. The Morgan fingerprint density at radius 2 is 2.12 bits per heavy atom. The Balaban J connectivity index is 2.68. The van der Waals surface area contributed by atoms with E-state index in [9.17, 15) is 4.79 Å². The van der Waals surface area contributed by atoms with Gasteiger partial charge >= 0.3 is 0 Å². The minimum atomic E-state index is -0.303. The number of aryl methyl sites for hydroxylation is 1. The number of fused-ring (bicyclic) bond motifs is 1. The maximum Gasteiger partial charge on any atom is 0.280 e. The van der Waals surface area contributed by atoms with Gasteiger partial charge in [0, 0.05) is 7.05 Å². The van der Waals surface area contributed by atoms with Crippen molar-refractivity contribution in [1.82, 2.24) is 24.4 Å². The standard InChI is InChI=1S/C9H14N6O/c1-14(2)4-5-11-6-7(15(5)3)12-9(10)13-8(6)16/h4H2,1-3H3,(H3,10,12,13,16). The smallest absolute Gasteiger partial charge is 0.280 e. The van der Waals surface area contributed by atoms with Gasteiger partial charge in [0.2, 0.25) is 5.95 Å². The van der Waals surface area contributed by atoms with Gasteiger partial charge in [-0.2, -0.15) is 4.98 Å². The van der Waals surface area contributed by atoms with E-state index in [1.54, 1.807) is 4.57 Å². The van der Waals surface area contributed by atoms with Crippen LogP contribution in [-0.4, -0.2) is 38.5 Å². The summed E-state index contributed by atoms with van der Waals surface area (Å²) in [5, 5.41) is 0. The Bertz CT molecular complexity index is 581. The molecular formula is C9H14N6O. The van der Waals surface area contributed by atoms with Crippen molar-refractivity contribution in [3.05, 3.63) is 16.2 Å². The Labute approximate surface area is 91.9 Å². The number of hydrogen-bond donors (Lipinski definition) is 2. The molecule has 0 bridgehead atoms. The largest absolute Gasteiger partial charge is 0.369 e. The number of rotatable bonds is 2. The van der Waals surface area contributed by atoms with E-state index in [1.807, 2.05) is 26.0 Å². The molecule has 0 atom stereocenters. The zero-order valence-corrected chi connectivity index (χ0v) is 9.48. The van der Waals surface area contributed by atoms with E-state index < -0.39 is 0 Å². The number of nitrogen functional groups attached to an aromatic ring is 1. The average Bonchev–Trinajstić information content (AvgIpc) is 2.45. The minimum Gasteiger partial charge on any atom is -0.369 e. The summed E-state index contributed by atoms with van der Waals surface area (Å²) in [6, 6.07) is 0. The quantitative estimate of drug-likeness (QED) is 0.701. The molecule has 2 aromatic heterocycles. The van der Waals surface area contributed by atoms with E-state index in [1.165, 1.54) is 0 Å². The van der Waals surface area contributed by atoms with Crippen LogP contribution in [0.4, 0.5) is 5.95 Å². The van der Waals surface area contributed by atoms with Crippen LogP contribution in [0.5, 0.6) is 0 Å². The van der Waals surface area contributed by atoms with Crippen LogP contribution in [0.3, 0.4) is 0 Å². The van der Waals surface area contributed by atoms with E-state index in [4.69, 9.17) is 5.73 Å². The first kappa shape index (κ1) is 10.6. The van der Waals surface area contributed by atoms with E-state index in [0.717, 1.165) is 5.82 Å². The average molecular weight is 222 g/mol. The Kier molecular flexibility index (Phi) is 2.39. The van der Waals surface area contributed by atoms with Crippen LogP contribution in [0.1, 0.15) is 5.82 Å². The molecule has 0 aliphatic heterocycles. The van der Waals surface area contributed by atoms with E-state index in [-0.39, 0.29) is 11.5 Å². The molecule has 0 amide bonds. The van der Waals surface area contributed by atoms with Crippen LogP contribution in [-0.2, 0) is 13.6 Å². The van der Waals surface area contributed by atoms with Crippen molar-refractivity contribution in [3.8, 4) is 0 Å². The predicted molar refractivity (Wildman–Crippen MR) is 60.9 cm³/mol. The van der Waals surface area contributed by atoms with Crippen LogP contribution in [0, 0.1) is 0 Å². The third-order valence-electron chi connectivity index (χ3n) is 2.30. The number of H-pyrrole nitrogens is 1. The van der Waals surface area contributed by atoms with Gasteiger partial charge in [-0.25, -0.2) is 4.98 Å². The maximum atomic E-state index is 11.6. The van der Waals surface area contributed by atoms with Gasteiger partial charge in [0.15, 0.2) is 11.2 Å². The first-order valence-electron chi connectivity index (χ1n) is 4.85. The molecule has 2 heterocycles. The molecule has 16 heavy (non-hydrogen) atoms. The molecule has 3 N–H and O–H groups in total. The molecule has 0 aliphatic rings. The molecule has 0 aliphatic carbocycles. The third kappa shape index (κ3) is 1.65. The highest BCUT2D eigenvalue weighted by Gasteiger charge is 2.12. The Morgan fingerprint density at radius 1 is 1.44 bits per heavy atom. The lowest BCUT2D eigenvalue weighted by Gasteiger charge is -2.08. The van der Waals surface area contributed by atoms with Crippen LogP contribution in [0.15, 0.2) is 4.79 Å². The molecule has 0 radical (unpaired) electrons. The Hall–Kier alpha value is -1.89.